The molecule has 40 heavy (non-hydrogen) atoms. The third kappa shape index (κ3) is 6.76. The van der Waals surface area contributed by atoms with Crippen molar-refractivity contribution in [2.24, 2.45) is 0 Å². The van der Waals surface area contributed by atoms with Crippen LogP contribution in [-0.4, -0.2) is 84.3 Å². The first kappa shape index (κ1) is 27.6. The molecule has 0 aliphatic carbocycles. The molecule has 2 saturated heterocycles. The SMILES string of the molecule is Cc1cccc(NC(=O)CC2C(=O)NCCN2C(=O)CN2CCN(C(c3ccccc3)c3ccccc3)CC2)c1. The van der Waals surface area contributed by atoms with E-state index in [0.29, 0.717) is 18.8 Å². The van der Waals surface area contributed by atoms with Crippen LogP contribution in [-0.2, 0) is 14.4 Å². The fraction of sp³-hybridized carbons (Fsp3) is 0.344. The molecule has 2 fully saturated rings. The second-order valence-electron chi connectivity index (χ2n) is 10.6. The number of carbonyl (C=O) groups excluding carboxylic acids is 3. The van der Waals surface area contributed by atoms with Crippen LogP contribution in [0.3, 0.4) is 0 Å². The number of rotatable bonds is 8. The standard InChI is InChI=1S/C32H37N5O3/c1-24-9-8-14-27(21-24)34-29(38)22-28-32(40)33-15-16-37(28)30(39)23-35-17-19-36(20-18-35)31(25-10-4-2-5-11-25)26-12-6-3-7-13-26/h2-14,21,28,31H,15-20,22-23H2,1H3,(H,33,40)(H,34,38). The molecule has 2 aliphatic heterocycles. The molecule has 5 rings (SSSR count). The van der Waals surface area contributed by atoms with Crippen molar-refractivity contribution in [2.75, 3.05) is 51.1 Å². The van der Waals surface area contributed by atoms with E-state index >= 15 is 0 Å². The zero-order chi connectivity index (χ0) is 27.9. The van der Waals surface area contributed by atoms with Gasteiger partial charge in [0.2, 0.25) is 17.7 Å². The Morgan fingerprint density at radius 2 is 1.52 bits per heavy atom. The lowest BCUT2D eigenvalue weighted by atomic mass is 9.96. The number of carbonyl (C=O) groups is 3. The van der Waals surface area contributed by atoms with Crippen molar-refractivity contribution in [1.82, 2.24) is 20.0 Å². The Morgan fingerprint density at radius 3 is 2.15 bits per heavy atom. The average molecular weight is 540 g/mol. The number of nitrogens with zero attached hydrogens (tertiary/aromatic N) is 3. The molecule has 1 unspecified atom stereocenters. The Labute approximate surface area is 236 Å². The highest BCUT2D eigenvalue weighted by Crippen LogP contribution is 2.29. The van der Waals surface area contributed by atoms with E-state index in [-0.39, 0.29) is 36.7 Å². The minimum Gasteiger partial charge on any atom is -0.353 e. The molecule has 8 heteroatoms. The lowest BCUT2D eigenvalue weighted by Gasteiger charge is -2.41. The molecule has 0 bridgehead atoms. The maximum Gasteiger partial charge on any atom is 0.243 e. The van der Waals surface area contributed by atoms with Gasteiger partial charge in [0.25, 0.3) is 0 Å². The molecular weight excluding hydrogens is 502 g/mol. The summed E-state index contributed by atoms with van der Waals surface area (Å²) in [6.07, 6.45) is -0.0743. The summed E-state index contributed by atoms with van der Waals surface area (Å²) in [6.45, 7) is 6.13. The number of hydrogen-bond donors (Lipinski definition) is 2. The highest BCUT2D eigenvalue weighted by Gasteiger charge is 2.36. The van der Waals surface area contributed by atoms with Crippen LogP contribution < -0.4 is 10.6 Å². The van der Waals surface area contributed by atoms with Gasteiger partial charge in [-0.3, -0.25) is 24.2 Å². The first-order valence-electron chi connectivity index (χ1n) is 14.0. The molecule has 3 aromatic rings. The molecule has 0 aromatic heterocycles. The van der Waals surface area contributed by atoms with Crippen molar-refractivity contribution < 1.29 is 14.4 Å². The summed E-state index contributed by atoms with van der Waals surface area (Å²) in [6, 6.07) is 27.9. The first-order valence-corrected chi connectivity index (χ1v) is 14.0. The van der Waals surface area contributed by atoms with Gasteiger partial charge >= 0.3 is 0 Å². The van der Waals surface area contributed by atoms with Crippen molar-refractivity contribution in [3.63, 3.8) is 0 Å². The van der Waals surface area contributed by atoms with Crippen molar-refractivity contribution in [3.8, 4) is 0 Å². The molecule has 2 heterocycles. The average Bonchev–Trinajstić information content (AvgIpc) is 2.96. The Bertz CT molecular complexity index is 1270. The van der Waals surface area contributed by atoms with Crippen molar-refractivity contribution >= 4 is 23.4 Å². The molecule has 208 valence electrons. The van der Waals surface area contributed by atoms with E-state index in [0.717, 1.165) is 31.7 Å². The number of hydrogen-bond acceptors (Lipinski definition) is 5. The predicted octanol–water partition coefficient (Wildman–Crippen LogP) is 3.06. The summed E-state index contributed by atoms with van der Waals surface area (Å²) in [5.41, 5.74) is 4.22. The largest absolute Gasteiger partial charge is 0.353 e. The van der Waals surface area contributed by atoms with Crippen LogP contribution in [0.1, 0.15) is 29.2 Å². The van der Waals surface area contributed by atoms with Crippen LogP contribution in [0.15, 0.2) is 84.9 Å². The monoisotopic (exact) mass is 539 g/mol. The van der Waals surface area contributed by atoms with Crippen molar-refractivity contribution in [2.45, 2.75) is 25.4 Å². The zero-order valence-corrected chi connectivity index (χ0v) is 23.0. The van der Waals surface area contributed by atoms with Crippen LogP contribution >= 0.6 is 0 Å². The molecule has 1 atom stereocenters. The van der Waals surface area contributed by atoms with E-state index in [9.17, 15) is 14.4 Å². The van der Waals surface area contributed by atoms with Gasteiger partial charge in [0, 0.05) is 45.0 Å². The van der Waals surface area contributed by atoms with E-state index in [1.165, 1.54) is 11.1 Å². The van der Waals surface area contributed by atoms with Gasteiger partial charge in [-0.05, 0) is 35.7 Å². The van der Waals surface area contributed by atoms with Gasteiger partial charge in [0.05, 0.1) is 19.0 Å². The van der Waals surface area contributed by atoms with E-state index < -0.39 is 6.04 Å². The summed E-state index contributed by atoms with van der Waals surface area (Å²) in [7, 11) is 0. The maximum atomic E-state index is 13.4. The van der Waals surface area contributed by atoms with Gasteiger partial charge in [0.1, 0.15) is 6.04 Å². The third-order valence-electron chi connectivity index (χ3n) is 7.69. The van der Waals surface area contributed by atoms with Gasteiger partial charge < -0.3 is 15.5 Å². The summed E-state index contributed by atoms with van der Waals surface area (Å²) >= 11 is 0. The predicted molar refractivity (Wildman–Crippen MR) is 156 cm³/mol. The second-order valence-corrected chi connectivity index (χ2v) is 10.6. The molecule has 0 saturated carbocycles. The zero-order valence-electron chi connectivity index (χ0n) is 23.0. The quantitative estimate of drug-likeness (QED) is 0.460. The van der Waals surface area contributed by atoms with Gasteiger partial charge in [-0.15, -0.1) is 0 Å². The molecule has 2 aliphatic rings. The number of anilines is 1. The molecule has 3 aromatic carbocycles. The second kappa shape index (κ2) is 12.9. The highest BCUT2D eigenvalue weighted by atomic mass is 16.2. The number of aryl methyl sites for hydroxylation is 1. The molecular formula is C32H37N5O3. The van der Waals surface area contributed by atoms with Crippen molar-refractivity contribution in [3.05, 3.63) is 102 Å². The molecule has 8 nitrogen and oxygen atoms in total. The molecule has 0 radical (unpaired) electrons. The lowest BCUT2D eigenvalue weighted by molar-refractivity contribution is -0.145. The van der Waals surface area contributed by atoms with Gasteiger partial charge in [-0.2, -0.15) is 0 Å². The fourth-order valence-electron chi connectivity index (χ4n) is 5.67. The lowest BCUT2D eigenvalue weighted by Crippen LogP contribution is -2.60. The Balaban J connectivity index is 1.19. The van der Waals surface area contributed by atoms with E-state index in [1.54, 1.807) is 4.90 Å². The smallest absolute Gasteiger partial charge is 0.243 e. The first-order chi connectivity index (χ1) is 19.5. The minimum atomic E-state index is -0.812. The molecule has 2 N–H and O–H groups in total. The highest BCUT2D eigenvalue weighted by molar-refractivity contribution is 5.97. The molecule has 3 amide bonds. The normalized spacial score (nSPS) is 18.4. The van der Waals surface area contributed by atoms with Crippen LogP contribution in [0.25, 0.3) is 0 Å². The number of amides is 3. The van der Waals surface area contributed by atoms with E-state index in [1.807, 2.05) is 43.3 Å². The van der Waals surface area contributed by atoms with E-state index in [4.69, 9.17) is 0 Å². The molecule has 0 spiro atoms. The Morgan fingerprint density at radius 1 is 0.875 bits per heavy atom. The van der Waals surface area contributed by atoms with Gasteiger partial charge in [0.15, 0.2) is 0 Å². The van der Waals surface area contributed by atoms with Crippen LogP contribution in [0.2, 0.25) is 0 Å². The summed E-state index contributed by atoms with van der Waals surface area (Å²) in [4.78, 5) is 45.1. The van der Waals surface area contributed by atoms with Gasteiger partial charge in [-0.25, -0.2) is 0 Å². The van der Waals surface area contributed by atoms with Crippen LogP contribution in [0, 0.1) is 6.92 Å². The van der Waals surface area contributed by atoms with Crippen LogP contribution in [0.5, 0.6) is 0 Å². The summed E-state index contributed by atoms with van der Waals surface area (Å²) in [5, 5.41) is 5.68. The fourth-order valence-corrected chi connectivity index (χ4v) is 5.67. The number of piperazine rings is 2. The Hall–Kier alpha value is -4.01. The number of nitrogens with one attached hydrogen (secondary N) is 2. The van der Waals surface area contributed by atoms with Gasteiger partial charge in [-0.1, -0.05) is 72.8 Å². The minimum absolute atomic E-state index is 0.0743. The summed E-state index contributed by atoms with van der Waals surface area (Å²) in [5.74, 6) is -0.677. The topological polar surface area (TPSA) is 85.0 Å². The van der Waals surface area contributed by atoms with Crippen LogP contribution in [0.4, 0.5) is 5.69 Å². The summed E-state index contributed by atoms with van der Waals surface area (Å²) < 4.78 is 0. The number of benzene rings is 3. The van der Waals surface area contributed by atoms with Crippen molar-refractivity contribution in [1.29, 1.82) is 0 Å². The van der Waals surface area contributed by atoms with E-state index in [2.05, 4.69) is 69.0 Å². The third-order valence-corrected chi connectivity index (χ3v) is 7.69. The maximum absolute atomic E-state index is 13.4. The Kier molecular flexibility index (Phi) is 8.88.